The molecule has 1 saturated heterocycles. The molecule has 0 saturated carbocycles. The predicted octanol–water partition coefficient (Wildman–Crippen LogP) is 5.49. The van der Waals surface area contributed by atoms with Crippen molar-refractivity contribution in [2.45, 2.75) is 50.5 Å². The second-order valence-electron chi connectivity index (χ2n) is 9.89. The third-order valence-corrected chi connectivity index (χ3v) is 7.24. The molecule has 2 aromatic rings. The highest BCUT2D eigenvalue weighted by atomic mass is 19.4. The first-order valence-corrected chi connectivity index (χ1v) is 12.3. The van der Waals surface area contributed by atoms with Crippen LogP contribution in [-0.4, -0.2) is 77.2 Å². The molecule has 2 N–H and O–H groups in total. The standard InChI is InChI=1S/C26H29F6N3O3/c1-15-9-16-10-19(36)3-4-20(16)24(34(15)14-26(30,31)32)23-21(28)11-18(12-22(23)29)35(25(37)38)17-5-8-33(13-17)7-2-6-27/h3-4,10-12,15,17,24,36H,2,5-9,13-14H2,1H3,(H,37,38)/t15-,17?,24+/m1/s1. The van der Waals surface area contributed by atoms with Gasteiger partial charge in [-0.25, -0.2) is 13.6 Å². The molecule has 1 amide bonds. The normalized spacial score (nSPS) is 22.4. The third kappa shape index (κ3) is 5.85. The maximum Gasteiger partial charge on any atom is 0.412 e. The number of halogens is 6. The van der Waals surface area contributed by atoms with Gasteiger partial charge in [-0.15, -0.1) is 0 Å². The molecule has 4 rings (SSSR count). The predicted molar refractivity (Wildman–Crippen MR) is 128 cm³/mol. The second-order valence-corrected chi connectivity index (χ2v) is 9.89. The van der Waals surface area contributed by atoms with Crippen molar-refractivity contribution < 1.29 is 41.4 Å². The Bertz CT molecular complexity index is 1150. The number of anilines is 1. The molecule has 38 heavy (non-hydrogen) atoms. The first kappa shape index (κ1) is 28.0. The van der Waals surface area contributed by atoms with E-state index in [9.17, 15) is 32.6 Å². The van der Waals surface area contributed by atoms with Gasteiger partial charge in [-0.1, -0.05) is 6.07 Å². The number of rotatable bonds is 7. The number of phenols is 1. The van der Waals surface area contributed by atoms with Crippen LogP contribution >= 0.6 is 0 Å². The van der Waals surface area contributed by atoms with E-state index in [-0.39, 0.29) is 36.4 Å². The summed E-state index contributed by atoms with van der Waals surface area (Å²) in [5.41, 5.74) is -0.205. The Kier molecular flexibility index (Phi) is 8.12. The Morgan fingerprint density at radius 1 is 1.16 bits per heavy atom. The third-order valence-electron chi connectivity index (χ3n) is 7.24. The molecule has 208 valence electrons. The Morgan fingerprint density at radius 2 is 1.84 bits per heavy atom. The van der Waals surface area contributed by atoms with Crippen molar-refractivity contribution in [1.29, 1.82) is 0 Å². The zero-order valence-electron chi connectivity index (χ0n) is 20.7. The summed E-state index contributed by atoms with van der Waals surface area (Å²) in [7, 11) is 0. The van der Waals surface area contributed by atoms with Crippen molar-refractivity contribution in [2.24, 2.45) is 0 Å². The van der Waals surface area contributed by atoms with Gasteiger partial charge in [0.15, 0.2) is 0 Å². The number of carbonyl (C=O) groups is 1. The van der Waals surface area contributed by atoms with E-state index in [4.69, 9.17) is 0 Å². The summed E-state index contributed by atoms with van der Waals surface area (Å²) < 4.78 is 84.5. The lowest BCUT2D eigenvalue weighted by Gasteiger charge is -2.42. The van der Waals surface area contributed by atoms with Crippen LogP contribution in [0.5, 0.6) is 5.75 Å². The van der Waals surface area contributed by atoms with Crippen LogP contribution in [0, 0.1) is 11.6 Å². The van der Waals surface area contributed by atoms with Crippen molar-refractivity contribution in [2.75, 3.05) is 37.8 Å². The number of carboxylic acid groups (broad SMARTS) is 1. The summed E-state index contributed by atoms with van der Waals surface area (Å²) in [6, 6.07) is 2.80. The van der Waals surface area contributed by atoms with Crippen LogP contribution < -0.4 is 4.90 Å². The van der Waals surface area contributed by atoms with Gasteiger partial charge < -0.3 is 15.1 Å². The Balaban J connectivity index is 1.75. The molecule has 0 aliphatic carbocycles. The Morgan fingerprint density at radius 3 is 2.45 bits per heavy atom. The fourth-order valence-electron chi connectivity index (χ4n) is 5.64. The first-order chi connectivity index (χ1) is 17.9. The van der Waals surface area contributed by atoms with Crippen LogP contribution in [0.1, 0.15) is 42.5 Å². The van der Waals surface area contributed by atoms with Crippen molar-refractivity contribution in [1.82, 2.24) is 9.80 Å². The molecular formula is C26H29F6N3O3. The molecule has 2 heterocycles. The summed E-state index contributed by atoms with van der Waals surface area (Å²) in [5.74, 6) is -2.47. The topological polar surface area (TPSA) is 67.2 Å². The SMILES string of the molecule is C[C@@H]1Cc2cc(O)ccc2[C@@H](c2c(F)cc(N(C(=O)O)C3CCN(CCCF)C3)cc2F)N1CC(F)(F)F. The van der Waals surface area contributed by atoms with Crippen LogP contribution in [0.4, 0.5) is 36.8 Å². The highest BCUT2D eigenvalue weighted by Crippen LogP contribution is 2.43. The van der Waals surface area contributed by atoms with Crippen molar-refractivity contribution in [3.05, 3.63) is 58.7 Å². The number of benzene rings is 2. The van der Waals surface area contributed by atoms with Gasteiger partial charge in [-0.3, -0.25) is 14.2 Å². The van der Waals surface area contributed by atoms with Gasteiger partial charge in [0.05, 0.1) is 31.0 Å². The molecule has 0 spiro atoms. The Hall–Kier alpha value is -2.99. The number of hydrogen-bond acceptors (Lipinski definition) is 4. The largest absolute Gasteiger partial charge is 0.508 e. The molecule has 0 bridgehead atoms. The van der Waals surface area contributed by atoms with Crippen molar-refractivity contribution >= 4 is 11.8 Å². The van der Waals surface area contributed by atoms with E-state index in [1.165, 1.54) is 25.1 Å². The monoisotopic (exact) mass is 545 g/mol. The minimum atomic E-state index is -4.65. The summed E-state index contributed by atoms with van der Waals surface area (Å²) in [5, 5.41) is 19.7. The fraction of sp³-hybridized carbons (Fsp3) is 0.500. The Labute approximate surface area is 216 Å². The molecule has 2 aromatic carbocycles. The molecule has 2 aliphatic rings. The van der Waals surface area contributed by atoms with Gasteiger partial charge in [0.1, 0.15) is 17.4 Å². The lowest BCUT2D eigenvalue weighted by Crippen LogP contribution is -2.47. The molecule has 12 heteroatoms. The van der Waals surface area contributed by atoms with E-state index in [1.54, 1.807) is 0 Å². The van der Waals surface area contributed by atoms with E-state index in [2.05, 4.69) is 0 Å². The summed E-state index contributed by atoms with van der Waals surface area (Å²) >= 11 is 0. The van der Waals surface area contributed by atoms with Gasteiger partial charge in [-0.05, 0) is 61.6 Å². The minimum Gasteiger partial charge on any atom is -0.508 e. The van der Waals surface area contributed by atoms with Crippen molar-refractivity contribution in [3.63, 3.8) is 0 Å². The molecular weight excluding hydrogens is 516 g/mol. The minimum absolute atomic E-state index is 0.121. The number of alkyl halides is 4. The second kappa shape index (κ2) is 11.0. The molecule has 6 nitrogen and oxygen atoms in total. The molecule has 0 radical (unpaired) electrons. The van der Waals surface area contributed by atoms with Crippen LogP contribution in [0.25, 0.3) is 0 Å². The number of aromatic hydroxyl groups is 1. The van der Waals surface area contributed by atoms with Crippen LogP contribution in [0.2, 0.25) is 0 Å². The van der Waals surface area contributed by atoms with Gasteiger partial charge in [-0.2, -0.15) is 13.2 Å². The van der Waals surface area contributed by atoms with Crippen LogP contribution in [0.3, 0.4) is 0 Å². The summed E-state index contributed by atoms with van der Waals surface area (Å²) in [4.78, 5) is 15.8. The quantitative estimate of drug-likeness (QED) is 0.451. The number of likely N-dealkylation sites (tertiary alicyclic amines) is 1. The number of hydrogen-bond donors (Lipinski definition) is 2. The number of phenolic OH excluding ortho intramolecular Hbond substituents is 1. The highest BCUT2D eigenvalue weighted by molar-refractivity contribution is 5.87. The fourth-order valence-corrected chi connectivity index (χ4v) is 5.64. The van der Waals surface area contributed by atoms with E-state index in [1.807, 2.05) is 4.90 Å². The summed E-state index contributed by atoms with van der Waals surface area (Å²) in [6.07, 6.45) is -5.29. The molecule has 1 fully saturated rings. The first-order valence-electron chi connectivity index (χ1n) is 12.3. The lowest BCUT2D eigenvalue weighted by atomic mass is 9.84. The van der Waals surface area contributed by atoms with E-state index < -0.39 is 60.8 Å². The number of amides is 1. The lowest BCUT2D eigenvalue weighted by molar-refractivity contribution is -0.155. The van der Waals surface area contributed by atoms with Crippen LogP contribution in [-0.2, 0) is 6.42 Å². The van der Waals surface area contributed by atoms with Crippen molar-refractivity contribution in [3.8, 4) is 5.75 Å². The van der Waals surface area contributed by atoms with Gasteiger partial charge in [0, 0.05) is 31.2 Å². The number of fused-ring (bicyclic) bond motifs is 1. The molecule has 1 unspecified atom stereocenters. The molecule has 0 aromatic heterocycles. The maximum absolute atomic E-state index is 15.7. The maximum atomic E-state index is 15.7. The smallest absolute Gasteiger partial charge is 0.412 e. The average molecular weight is 546 g/mol. The van der Waals surface area contributed by atoms with Gasteiger partial charge >= 0.3 is 12.3 Å². The summed E-state index contributed by atoms with van der Waals surface area (Å²) in [6.45, 7) is 0.747. The van der Waals surface area contributed by atoms with E-state index in [0.717, 1.165) is 21.9 Å². The zero-order chi connectivity index (χ0) is 27.8. The molecule has 3 atom stereocenters. The van der Waals surface area contributed by atoms with E-state index in [0.29, 0.717) is 25.1 Å². The average Bonchev–Trinajstić information content (AvgIpc) is 3.26. The van der Waals surface area contributed by atoms with E-state index >= 15 is 8.78 Å². The zero-order valence-corrected chi connectivity index (χ0v) is 20.7. The van der Waals surface area contributed by atoms with Gasteiger partial charge in [0.2, 0.25) is 0 Å². The van der Waals surface area contributed by atoms with Crippen LogP contribution in [0.15, 0.2) is 30.3 Å². The van der Waals surface area contributed by atoms with Gasteiger partial charge in [0.25, 0.3) is 0 Å². The number of nitrogens with zero attached hydrogens (tertiary/aromatic N) is 3. The molecule has 2 aliphatic heterocycles. The highest BCUT2D eigenvalue weighted by Gasteiger charge is 2.43.